The number of nitrogens with one attached hydrogen (secondary N) is 1. The molecule has 0 unspecified atom stereocenters. The van der Waals surface area contributed by atoms with Crippen LogP contribution in [0, 0.1) is 17.8 Å². The maximum Gasteiger partial charge on any atom is 0.0814 e. The van der Waals surface area contributed by atoms with Crippen LogP contribution in [0.2, 0.25) is 0 Å². The average Bonchev–Trinajstić information content (AvgIpc) is 2.73. The molecule has 84 valence electrons. The molecule has 1 aromatic rings. The van der Waals surface area contributed by atoms with Crippen molar-refractivity contribution in [2.75, 3.05) is 13.1 Å². The lowest BCUT2D eigenvalue weighted by atomic mass is 10.1. The summed E-state index contributed by atoms with van der Waals surface area (Å²) >= 11 is 0. The van der Waals surface area contributed by atoms with Crippen LogP contribution in [0.5, 0.6) is 0 Å². The molecular formula is C14H17NO. The van der Waals surface area contributed by atoms with Crippen LogP contribution in [0.25, 0.3) is 0 Å². The molecule has 0 spiro atoms. The van der Waals surface area contributed by atoms with Crippen molar-refractivity contribution in [3.63, 3.8) is 0 Å². The van der Waals surface area contributed by atoms with E-state index in [9.17, 15) is 5.11 Å². The molecule has 0 radical (unpaired) electrons. The monoisotopic (exact) mass is 215 g/mol. The zero-order valence-electron chi connectivity index (χ0n) is 9.53. The number of aliphatic hydroxyl groups excluding tert-OH is 1. The maximum absolute atomic E-state index is 9.58. The third-order valence-corrected chi connectivity index (χ3v) is 2.95. The Morgan fingerprint density at radius 1 is 1.31 bits per heavy atom. The molecule has 0 amide bonds. The molecule has 1 aliphatic heterocycles. The first kappa shape index (κ1) is 11.2. The van der Waals surface area contributed by atoms with Gasteiger partial charge in [0, 0.05) is 18.7 Å². The summed E-state index contributed by atoms with van der Waals surface area (Å²) in [5.41, 5.74) is 2.35. The van der Waals surface area contributed by atoms with Crippen molar-refractivity contribution in [2.24, 2.45) is 5.92 Å². The lowest BCUT2D eigenvalue weighted by molar-refractivity contribution is 0.171. The van der Waals surface area contributed by atoms with Gasteiger partial charge in [-0.1, -0.05) is 30.9 Å². The molecule has 2 heteroatoms. The maximum atomic E-state index is 9.58. The molecule has 16 heavy (non-hydrogen) atoms. The van der Waals surface area contributed by atoms with Crippen molar-refractivity contribution in [3.05, 3.63) is 35.4 Å². The molecule has 1 fully saturated rings. The topological polar surface area (TPSA) is 32.3 Å². The molecule has 2 atom stereocenters. The van der Waals surface area contributed by atoms with Gasteiger partial charge in [-0.25, -0.2) is 0 Å². The van der Waals surface area contributed by atoms with Crippen LogP contribution in [0.15, 0.2) is 24.3 Å². The molecular weight excluding hydrogens is 198 g/mol. The van der Waals surface area contributed by atoms with Crippen molar-refractivity contribution < 1.29 is 5.11 Å². The Bertz CT molecular complexity index is 399. The molecule has 2 nitrogen and oxygen atoms in total. The summed E-state index contributed by atoms with van der Waals surface area (Å²) in [4.78, 5) is 0. The number of aryl methyl sites for hydroxylation is 1. The number of benzene rings is 1. The summed E-state index contributed by atoms with van der Waals surface area (Å²) in [6.45, 7) is 3.59. The number of hydrogen-bond donors (Lipinski definition) is 2. The van der Waals surface area contributed by atoms with E-state index < -0.39 is 0 Å². The fourth-order valence-electron chi connectivity index (χ4n) is 1.81. The van der Waals surface area contributed by atoms with Crippen LogP contribution in [-0.2, 0) is 6.42 Å². The van der Waals surface area contributed by atoms with Gasteiger partial charge in [0.25, 0.3) is 0 Å². The van der Waals surface area contributed by atoms with E-state index in [1.807, 2.05) is 12.1 Å². The van der Waals surface area contributed by atoms with Crippen LogP contribution in [0.1, 0.15) is 18.1 Å². The van der Waals surface area contributed by atoms with Gasteiger partial charge in [-0.2, -0.15) is 0 Å². The van der Waals surface area contributed by atoms with Gasteiger partial charge in [0.1, 0.15) is 0 Å². The molecule has 0 bridgehead atoms. The predicted molar refractivity (Wildman–Crippen MR) is 65.1 cm³/mol. The Labute approximate surface area is 96.7 Å². The fourth-order valence-corrected chi connectivity index (χ4v) is 1.81. The van der Waals surface area contributed by atoms with Crippen LogP contribution in [0.3, 0.4) is 0 Å². The van der Waals surface area contributed by atoms with E-state index in [2.05, 4.69) is 36.2 Å². The first-order chi connectivity index (χ1) is 7.79. The Balaban J connectivity index is 2.05. The Hall–Kier alpha value is -1.30. The number of hydrogen-bond acceptors (Lipinski definition) is 2. The minimum atomic E-state index is -0.317. The quantitative estimate of drug-likeness (QED) is 0.690. The zero-order chi connectivity index (χ0) is 11.4. The van der Waals surface area contributed by atoms with E-state index >= 15 is 0 Å². The second-order valence-electron chi connectivity index (χ2n) is 4.15. The van der Waals surface area contributed by atoms with Crippen LogP contribution in [-0.4, -0.2) is 24.3 Å². The van der Waals surface area contributed by atoms with Gasteiger partial charge in [-0.3, -0.25) is 0 Å². The third kappa shape index (κ3) is 2.63. The first-order valence-corrected chi connectivity index (χ1v) is 5.79. The van der Waals surface area contributed by atoms with E-state index in [0.717, 1.165) is 18.5 Å². The summed E-state index contributed by atoms with van der Waals surface area (Å²) in [6.07, 6.45) is 0.737. The Morgan fingerprint density at radius 2 is 2.06 bits per heavy atom. The van der Waals surface area contributed by atoms with E-state index in [1.54, 1.807) is 0 Å². The molecule has 0 aromatic heterocycles. The average molecular weight is 215 g/mol. The highest BCUT2D eigenvalue weighted by molar-refractivity contribution is 5.37. The van der Waals surface area contributed by atoms with Crippen molar-refractivity contribution >= 4 is 0 Å². The van der Waals surface area contributed by atoms with E-state index in [-0.39, 0.29) is 12.0 Å². The summed E-state index contributed by atoms with van der Waals surface area (Å²) in [5.74, 6) is 6.32. The van der Waals surface area contributed by atoms with Crippen LogP contribution < -0.4 is 5.32 Å². The largest absolute Gasteiger partial charge is 0.390 e. The van der Waals surface area contributed by atoms with Crippen molar-refractivity contribution in [1.29, 1.82) is 0 Å². The van der Waals surface area contributed by atoms with Gasteiger partial charge in [-0.15, -0.1) is 0 Å². The predicted octanol–water partition coefficient (Wildman–Crippen LogP) is 1.18. The second kappa shape index (κ2) is 5.16. The van der Waals surface area contributed by atoms with Gasteiger partial charge in [0.05, 0.1) is 12.0 Å². The smallest absolute Gasteiger partial charge is 0.0814 e. The van der Waals surface area contributed by atoms with Crippen molar-refractivity contribution in [3.8, 4) is 11.8 Å². The van der Waals surface area contributed by atoms with Crippen molar-refractivity contribution in [1.82, 2.24) is 5.32 Å². The SMILES string of the molecule is CCc1ccc(C#C[C@@H]2CNC[C@H]2O)cc1. The molecule has 1 heterocycles. The highest BCUT2D eigenvalue weighted by atomic mass is 16.3. The summed E-state index contributed by atoms with van der Waals surface area (Å²) < 4.78 is 0. The Kier molecular flexibility index (Phi) is 3.61. The lowest BCUT2D eigenvalue weighted by Gasteiger charge is -2.03. The minimum absolute atomic E-state index is 0.0749. The lowest BCUT2D eigenvalue weighted by Crippen LogP contribution is -2.16. The van der Waals surface area contributed by atoms with E-state index in [4.69, 9.17) is 0 Å². The molecule has 1 saturated heterocycles. The van der Waals surface area contributed by atoms with Gasteiger partial charge in [-0.05, 0) is 24.1 Å². The van der Waals surface area contributed by atoms with E-state index in [1.165, 1.54) is 5.56 Å². The Morgan fingerprint density at radius 3 is 2.62 bits per heavy atom. The van der Waals surface area contributed by atoms with Crippen molar-refractivity contribution in [2.45, 2.75) is 19.4 Å². The molecule has 1 aromatic carbocycles. The first-order valence-electron chi connectivity index (χ1n) is 5.79. The molecule has 0 saturated carbocycles. The number of rotatable bonds is 1. The summed E-state index contributed by atoms with van der Waals surface area (Å²) in [6, 6.07) is 8.29. The normalized spacial score (nSPS) is 23.9. The summed E-state index contributed by atoms with van der Waals surface area (Å²) in [7, 11) is 0. The second-order valence-corrected chi connectivity index (χ2v) is 4.15. The van der Waals surface area contributed by atoms with Gasteiger partial charge in [0.2, 0.25) is 0 Å². The zero-order valence-corrected chi connectivity index (χ0v) is 9.53. The standard InChI is InChI=1S/C14H17NO/c1-2-11-3-5-12(6-4-11)7-8-13-9-15-10-14(13)16/h3-6,13-16H,2,9-10H2,1H3/t13-,14-/m1/s1. The van der Waals surface area contributed by atoms with Gasteiger partial charge >= 0.3 is 0 Å². The molecule has 2 rings (SSSR count). The van der Waals surface area contributed by atoms with Crippen LogP contribution >= 0.6 is 0 Å². The molecule has 1 aliphatic rings. The van der Waals surface area contributed by atoms with Gasteiger partial charge < -0.3 is 10.4 Å². The van der Waals surface area contributed by atoms with Gasteiger partial charge in [0.15, 0.2) is 0 Å². The highest BCUT2D eigenvalue weighted by Crippen LogP contribution is 2.08. The van der Waals surface area contributed by atoms with E-state index in [0.29, 0.717) is 6.54 Å². The third-order valence-electron chi connectivity index (χ3n) is 2.95. The minimum Gasteiger partial charge on any atom is -0.390 e. The molecule has 2 N–H and O–H groups in total. The molecule has 0 aliphatic carbocycles. The van der Waals surface area contributed by atoms with Crippen LogP contribution in [0.4, 0.5) is 0 Å². The number of aliphatic hydroxyl groups is 1. The summed E-state index contributed by atoms with van der Waals surface area (Å²) in [5, 5.41) is 12.7. The fraction of sp³-hybridized carbons (Fsp3) is 0.429. The number of β-amino-alcohol motifs (C(OH)–C–C–N with tert-alkyl or cyclic N) is 1. The highest BCUT2D eigenvalue weighted by Gasteiger charge is 2.22.